The third-order valence-electron chi connectivity index (χ3n) is 4.36. The Bertz CT molecular complexity index is 1060. The summed E-state index contributed by atoms with van der Waals surface area (Å²) in [5, 5.41) is 5.31. The number of anilines is 1. The first-order chi connectivity index (χ1) is 13.7. The number of sulfonamides is 1. The van der Waals surface area contributed by atoms with Gasteiger partial charge in [0.15, 0.2) is 6.61 Å². The normalized spacial score (nSPS) is 16.7. The molecule has 1 aliphatic rings. The first kappa shape index (κ1) is 21.3. The number of halogens is 1. The van der Waals surface area contributed by atoms with Crippen molar-refractivity contribution in [1.29, 1.82) is 0 Å². The highest BCUT2D eigenvalue weighted by Crippen LogP contribution is 2.37. The monoisotopic (exact) mass is 438 g/mol. The van der Waals surface area contributed by atoms with E-state index in [-0.39, 0.29) is 0 Å². The van der Waals surface area contributed by atoms with E-state index in [1.165, 1.54) is 4.90 Å². The van der Waals surface area contributed by atoms with Gasteiger partial charge in [0.25, 0.3) is 5.91 Å². The zero-order valence-corrected chi connectivity index (χ0v) is 17.1. The van der Waals surface area contributed by atoms with Crippen LogP contribution in [0.15, 0.2) is 52.3 Å². The fourth-order valence-corrected chi connectivity index (χ4v) is 4.52. The van der Waals surface area contributed by atoms with Crippen molar-refractivity contribution in [2.75, 3.05) is 18.1 Å². The van der Waals surface area contributed by atoms with Crippen LogP contribution in [0, 0.1) is 5.82 Å². The van der Waals surface area contributed by atoms with Crippen molar-refractivity contribution in [3.05, 3.63) is 53.8 Å². The molecule has 3 rings (SSSR count). The van der Waals surface area contributed by atoms with E-state index in [0.717, 1.165) is 35.2 Å². The van der Waals surface area contributed by atoms with E-state index in [2.05, 4.69) is 6.92 Å². The predicted octanol–water partition coefficient (Wildman–Crippen LogP) is 2.55. The van der Waals surface area contributed by atoms with Crippen LogP contribution in [-0.4, -0.2) is 38.7 Å². The Morgan fingerprint density at radius 2 is 2.00 bits per heavy atom. The van der Waals surface area contributed by atoms with Gasteiger partial charge in [0.2, 0.25) is 10.0 Å². The molecular formula is C19H19FN2O5S2. The third-order valence-corrected chi connectivity index (χ3v) is 6.51. The molecule has 0 radical (unpaired) electrons. The van der Waals surface area contributed by atoms with Crippen molar-refractivity contribution < 1.29 is 27.1 Å². The molecule has 0 spiro atoms. The lowest BCUT2D eigenvalue weighted by Gasteiger charge is -2.22. The number of primary sulfonamides is 1. The predicted molar refractivity (Wildman–Crippen MR) is 107 cm³/mol. The molecule has 1 heterocycles. The second-order valence-electron chi connectivity index (χ2n) is 6.49. The molecule has 29 heavy (non-hydrogen) atoms. The smallest absolute Gasteiger partial charge is 0.341 e. The van der Waals surface area contributed by atoms with Crippen LogP contribution in [0.4, 0.5) is 10.1 Å². The number of rotatable bonds is 4. The average Bonchev–Trinajstić information content (AvgIpc) is 2.83. The van der Waals surface area contributed by atoms with Crippen molar-refractivity contribution in [3.8, 4) is 0 Å². The summed E-state index contributed by atoms with van der Waals surface area (Å²) in [5.41, 5.74) is 0.120. The van der Waals surface area contributed by atoms with Gasteiger partial charge >= 0.3 is 5.97 Å². The summed E-state index contributed by atoms with van der Waals surface area (Å²) >= 11 is 1.66. The molecule has 2 N–H and O–H groups in total. The van der Waals surface area contributed by atoms with Crippen LogP contribution >= 0.6 is 11.8 Å². The second-order valence-corrected chi connectivity index (χ2v) is 9.53. The highest BCUT2D eigenvalue weighted by atomic mass is 32.2. The molecule has 7 nitrogen and oxygen atoms in total. The number of para-hydroxylation sites is 1. The van der Waals surface area contributed by atoms with Gasteiger partial charge in [-0.05, 0) is 36.8 Å². The molecule has 1 amide bonds. The number of fused-ring (bicyclic) bond motifs is 1. The van der Waals surface area contributed by atoms with Gasteiger partial charge in [-0.25, -0.2) is 22.7 Å². The van der Waals surface area contributed by atoms with E-state index >= 15 is 0 Å². The minimum absolute atomic E-state index is 0.312. The maximum absolute atomic E-state index is 13.9. The average molecular weight is 439 g/mol. The highest BCUT2D eigenvalue weighted by Gasteiger charge is 2.26. The molecule has 0 aliphatic carbocycles. The number of hydrogen-bond acceptors (Lipinski definition) is 6. The third kappa shape index (κ3) is 4.95. The number of carbonyl (C=O) groups is 2. The molecule has 154 valence electrons. The number of benzene rings is 2. The molecule has 0 saturated heterocycles. The zero-order chi connectivity index (χ0) is 21.2. The SMILES string of the molecule is CC1CCN(C(=O)COC(=O)c2cc(S(N)(=O)=O)ccc2F)c2ccccc2S1. The van der Waals surface area contributed by atoms with Crippen molar-refractivity contribution in [2.45, 2.75) is 28.4 Å². The maximum atomic E-state index is 13.9. The molecule has 2 aromatic rings. The molecule has 0 bridgehead atoms. The van der Waals surface area contributed by atoms with Gasteiger partial charge in [-0.3, -0.25) is 4.79 Å². The molecule has 0 saturated carbocycles. The topological polar surface area (TPSA) is 107 Å². The van der Waals surface area contributed by atoms with E-state index < -0.39 is 44.8 Å². The number of nitrogens with zero attached hydrogens (tertiary/aromatic N) is 1. The van der Waals surface area contributed by atoms with Crippen LogP contribution in [-0.2, 0) is 19.6 Å². The van der Waals surface area contributed by atoms with Gasteiger partial charge in [-0.1, -0.05) is 19.1 Å². The van der Waals surface area contributed by atoms with E-state index in [4.69, 9.17) is 9.88 Å². The van der Waals surface area contributed by atoms with Gasteiger partial charge in [0, 0.05) is 16.7 Å². The number of esters is 1. The lowest BCUT2D eigenvalue weighted by atomic mass is 10.2. The first-order valence-electron chi connectivity index (χ1n) is 8.72. The largest absolute Gasteiger partial charge is 0.452 e. The Labute approximate surface area is 172 Å². The lowest BCUT2D eigenvalue weighted by Crippen LogP contribution is -2.35. The summed E-state index contributed by atoms with van der Waals surface area (Å²) < 4.78 is 41.7. The zero-order valence-electron chi connectivity index (χ0n) is 15.5. The van der Waals surface area contributed by atoms with Gasteiger partial charge in [-0.15, -0.1) is 11.8 Å². The van der Waals surface area contributed by atoms with Crippen molar-refractivity contribution >= 4 is 39.3 Å². The summed E-state index contributed by atoms with van der Waals surface area (Å²) in [6.07, 6.45) is 0.754. The standard InChI is InChI=1S/C19H19FN2O5S2/c1-12-8-9-22(16-4-2-3-5-17(16)28-12)18(23)11-27-19(24)14-10-13(29(21,25)26)6-7-15(14)20/h2-7,10,12H,8-9,11H2,1H3,(H2,21,25,26). The van der Waals surface area contributed by atoms with E-state index in [0.29, 0.717) is 11.8 Å². The van der Waals surface area contributed by atoms with Crippen LogP contribution in [0.5, 0.6) is 0 Å². The summed E-state index contributed by atoms with van der Waals surface area (Å²) in [6.45, 7) is 1.92. The molecule has 10 heteroatoms. The Morgan fingerprint density at radius 1 is 1.28 bits per heavy atom. The van der Waals surface area contributed by atoms with Crippen LogP contribution in [0.25, 0.3) is 0 Å². The number of amides is 1. The molecule has 0 aromatic heterocycles. The number of carbonyl (C=O) groups excluding carboxylic acids is 2. The van der Waals surface area contributed by atoms with Gasteiger partial charge in [0.1, 0.15) is 5.82 Å². The minimum atomic E-state index is -4.12. The molecular weight excluding hydrogens is 419 g/mol. The number of nitrogens with two attached hydrogens (primary N) is 1. The Kier molecular flexibility index (Phi) is 6.25. The number of thioether (sulfide) groups is 1. The molecule has 1 atom stereocenters. The highest BCUT2D eigenvalue weighted by molar-refractivity contribution is 8.00. The van der Waals surface area contributed by atoms with E-state index in [1.807, 2.05) is 24.3 Å². The van der Waals surface area contributed by atoms with Crippen LogP contribution in [0.1, 0.15) is 23.7 Å². The van der Waals surface area contributed by atoms with Gasteiger partial charge < -0.3 is 9.64 Å². The van der Waals surface area contributed by atoms with Crippen LogP contribution in [0.3, 0.4) is 0 Å². The Hall–Kier alpha value is -2.43. The molecule has 1 unspecified atom stereocenters. The van der Waals surface area contributed by atoms with Gasteiger partial charge in [-0.2, -0.15) is 0 Å². The van der Waals surface area contributed by atoms with Crippen molar-refractivity contribution in [2.24, 2.45) is 5.14 Å². The summed E-state index contributed by atoms with van der Waals surface area (Å²) in [7, 11) is -4.12. The Balaban J connectivity index is 1.75. The second kappa shape index (κ2) is 8.52. The minimum Gasteiger partial charge on any atom is -0.452 e. The summed E-state index contributed by atoms with van der Waals surface area (Å²) in [4.78, 5) is 27.0. The fourth-order valence-electron chi connectivity index (χ4n) is 2.87. The van der Waals surface area contributed by atoms with Gasteiger partial charge in [0.05, 0.1) is 16.1 Å². The molecule has 0 fully saturated rings. The van der Waals surface area contributed by atoms with E-state index in [9.17, 15) is 22.4 Å². The molecule has 2 aromatic carbocycles. The summed E-state index contributed by atoms with van der Waals surface area (Å²) in [6, 6.07) is 9.97. The number of ether oxygens (including phenoxy) is 1. The Morgan fingerprint density at radius 3 is 2.72 bits per heavy atom. The summed E-state index contributed by atoms with van der Waals surface area (Å²) in [5.74, 6) is -2.57. The van der Waals surface area contributed by atoms with E-state index in [1.54, 1.807) is 11.8 Å². The lowest BCUT2D eigenvalue weighted by molar-refractivity contribution is -0.121. The van der Waals surface area contributed by atoms with Crippen molar-refractivity contribution in [1.82, 2.24) is 0 Å². The maximum Gasteiger partial charge on any atom is 0.341 e. The van der Waals surface area contributed by atoms with Crippen LogP contribution < -0.4 is 10.0 Å². The fraction of sp³-hybridized carbons (Fsp3) is 0.263. The quantitative estimate of drug-likeness (QED) is 0.736. The number of hydrogen-bond donors (Lipinski definition) is 1. The van der Waals surface area contributed by atoms with Crippen LogP contribution in [0.2, 0.25) is 0 Å². The molecule has 1 aliphatic heterocycles. The van der Waals surface area contributed by atoms with Crippen molar-refractivity contribution in [3.63, 3.8) is 0 Å². The first-order valence-corrected chi connectivity index (χ1v) is 11.1.